The van der Waals surface area contributed by atoms with Gasteiger partial charge in [0.2, 0.25) is 0 Å². The van der Waals surface area contributed by atoms with E-state index in [2.05, 4.69) is 36.4 Å². The largest absolute Gasteiger partial charge is 0.274 e. The number of nitrogens with zero attached hydrogens (tertiary/aromatic N) is 2. The highest BCUT2D eigenvalue weighted by Gasteiger charge is 2.25. The molecule has 0 bridgehead atoms. The molecule has 5 heteroatoms. The number of rotatable bonds is 0. The zero-order valence-electron chi connectivity index (χ0n) is 19.5. The third-order valence-corrected chi connectivity index (χ3v) is 10.5. The van der Waals surface area contributed by atoms with E-state index < -0.39 is 7.53 Å². The van der Waals surface area contributed by atoms with Crippen LogP contribution in [0.3, 0.4) is 0 Å². The van der Waals surface area contributed by atoms with E-state index in [-0.39, 0.29) is 11.1 Å². The number of benzene rings is 5. The van der Waals surface area contributed by atoms with Crippen LogP contribution in [-0.4, -0.2) is 8.80 Å². The summed E-state index contributed by atoms with van der Waals surface area (Å²) >= 11 is 0. The van der Waals surface area contributed by atoms with E-state index in [1.807, 2.05) is 75.5 Å². The molecule has 5 aromatic carbocycles. The second-order valence-corrected chi connectivity index (χ2v) is 11.8. The molecule has 0 spiro atoms. The van der Waals surface area contributed by atoms with Gasteiger partial charge in [0.1, 0.15) is 0 Å². The van der Waals surface area contributed by atoms with E-state index in [1.165, 1.54) is 0 Å². The Hall–Kier alpha value is -4.66. The number of para-hydroxylation sites is 2. The maximum Gasteiger partial charge on any atom is 0.263 e. The summed E-state index contributed by atoms with van der Waals surface area (Å²) in [6.45, 7) is 0. The summed E-state index contributed by atoms with van der Waals surface area (Å²) < 4.78 is 3.78. The van der Waals surface area contributed by atoms with Crippen molar-refractivity contribution in [2.75, 3.05) is 0 Å². The summed E-state index contributed by atoms with van der Waals surface area (Å²) in [7, 11) is -0.985. The Kier molecular flexibility index (Phi) is 3.46. The molecule has 0 fully saturated rings. The minimum Gasteiger partial charge on any atom is -0.274 e. The predicted molar refractivity (Wildman–Crippen MR) is 155 cm³/mol. The summed E-state index contributed by atoms with van der Waals surface area (Å²) in [5, 5.41) is 8.94. The quantitative estimate of drug-likeness (QED) is 0.162. The minimum absolute atomic E-state index is 0.0199. The lowest BCUT2D eigenvalue weighted by Gasteiger charge is -2.24. The number of pyridine rings is 2. The van der Waals surface area contributed by atoms with Crippen LogP contribution in [0.5, 0.6) is 0 Å². The molecule has 0 unspecified atom stereocenters. The lowest BCUT2D eigenvalue weighted by molar-refractivity contribution is 1.17. The third kappa shape index (κ3) is 2.18. The first kappa shape index (κ1) is 19.5. The highest BCUT2D eigenvalue weighted by molar-refractivity contribution is 7.68. The molecule has 7 aromatic rings. The highest BCUT2D eigenvalue weighted by Crippen LogP contribution is 2.58. The fourth-order valence-corrected chi connectivity index (χ4v) is 9.40. The number of hydrogen-bond donors (Lipinski definition) is 0. The summed E-state index contributed by atoms with van der Waals surface area (Å²) in [4.78, 5) is 28.1. The van der Waals surface area contributed by atoms with Gasteiger partial charge in [0.25, 0.3) is 11.1 Å². The van der Waals surface area contributed by atoms with Gasteiger partial charge in [0, 0.05) is 37.1 Å². The van der Waals surface area contributed by atoms with Gasteiger partial charge in [-0.2, -0.15) is 0 Å². The van der Waals surface area contributed by atoms with Crippen molar-refractivity contribution >= 4 is 72.2 Å². The lowest BCUT2D eigenvalue weighted by Crippen LogP contribution is -2.18. The maximum atomic E-state index is 14.0. The zero-order chi connectivity index (χ0) is 24.4. The van der Waals surface area contributed by atoms with Crippen LogP contribution in [0.2, 0.25) is 0 Å². The maximum absolute atomic E-state index is 14.0. The van der Waals surface area contributed by atoms with E-state index >= 15 is 0 Å². The van der Waals surface area contributed by atoms with Crippen molar-refractivity contribution in [2.24, 2.45) is 0 Å². The van der Waals surface area contributed by atoms with E-state index in [1.54, 1.807) is 0 Å². The molecule has 2 aliphatic rings. The van der Waals surface area contributed by atoms with Gasteiger partial charge in [-0.3, -0.25) is 18.4 Å². The number of hydrogen-bond acceptors (Lipinski definition) is 2. The van der Waals surface area contributed by atoms with Gasteiger partial charge < -0.3 is 0 Å². The van der Waals surface area contributed by atoms with Gasteiger partial charge in [-0.15, -0.1) is 0 Å². The summed E-state index contributed by atoms with van der Waals surface area (Å²) in [5.41, 5.74) is 3.68. The van der Waals surface area contributed by atoms with Gasteiger partial charge in [-0.05, 0) is 47.2 Å². The molecule has 37 heavy (non-hydrogen) atoms. The van der Waals surface area contributed by atoms with E-state index in [0.717, 1.165) is 59.2 Å². The number of aromatic nitrogens is 2. The Bertz CT molecular complexity index is 2340. The van der Waals surface area contributed by atoms with Crippen LogP contribution in [-0.2, 0) is 0 Å². The average molecular weight is 492 g/mol. The monoisotopic (exact) mass is 492 g/mol. The first-order valence-electron chi connectivity index (χ1n) is 12.3. The second kappa shape index (κ2) is 6.56. The SMILES string of the molecule is O=c1c2ccccc2c2cccc3c2n1c1cccc2c1-p3c1cccc3c4ccccc4c(=O)n2c31. The molecular formula is C32H17N2O2P. The molecule has 4 nitrogen and oxygen atoms in total. The molecule has 2 aliphatic heterocycles. The van der Waals surface area contributed by atoms with Crippen molar-refractivity contribution in [3.63, 3.8) is 0 Å². The fourth-order valence-electron chi connectivity index (χ4n) is 6.52. The fraction of sp³-hybridized carbons (Fsp3) is 0. The second-order valence-electron chi connectivity index (χ2n) is 9.70. The summed E-state index contributed by atoms with van der Waals surface area (Å²) in [5.74, 6) is 0. The van der Waals surface area contributed by atoms with Crippen molar-refractivity contribution in [1.29, 1.82) is 0 Å². The molecule has 0 atom stereocenters. The van der Waals surface area contributed by atoms with Crippen LogP contribution in [0.15, 0.2) is 113 Å². The van der Waals surface area contributed by atoms with E-state index in [4.69, 9.17) is 0 Å². The Morgan fingerprint density at radius 3 is 1.32 bits per heavy atom. The molecule has 4 heterocycles. The number of fused-ring (bicyclic) bond motifs is 8. The van der Waals surface area contributed by atoms with Crippen LogP contribution in [0, 0.1) is 0 Å². The Morgan fingerprint density at radius 2 is 0.838 bits per heavy atom. The molecule has 0 saturated heterocycles. The Balaban J connectivity index is 1.75. The van der Waals surface area contributed by atoms with Crippen LogP contribution < -0.4 is 11.1 Å². The van der Waals surface area contributed by atoms with Crippen molar-refractivity contribution in [1.82, 2.24) is 8.80 Å². The van der Waals surface area contributed by atoms with Crippen LogP contribution in [0.1, 0.15) is 0 Å². The summed E-state index contributed by atoms with van der Waals surface area (Å²) in [6, 6.07) is 34.6. The normalized spacial score (nSPS) is 12.5. The predicted octanol–water partition coefficient (Wildman–Crippen LogP) is 7.53. The first-order valence-corrected chi connectivity index (χ1v) is 13.6. The van der Waals surface area contributed by atoms with E-state index in [9.17, 15) is 9.59 Å². The minimum atomic E-state index is -0.985. The van der Waals surface area contributed by atoms with Gasteiger partial charge in [-0.1, -0.05) is 74.3 Å². The smallest absolute Gasteiger partial charge is 0.263 e. The van der Waals surface area contributed by atoms with Gasteiger partial charge >= 0.3 is 0 Å². The molecule has 2 aromatic heterocycles. The van der Waals surface area contributed by atoms with Crippen LogP contribution in [0.4, 0.5) is 0 Å². The molecule has 0 N–H and O–H groups in total. The van der Waals surface area contributed by atoms with Crippen molar-refractivity contribution in [3.05, 3.63) is 124 Å². The summed E-state index contributed by atoms with van der Waals surface area (Å²) in [6.07, 6.45) is 0. The van der Waals surface area contributed by atoms with Gasteiger partial charge in [0.15, 0.2) is 0 Å². The van der Waals surface area contributed by atoms with Crippen LogP contribution in [0.25, 0.3) is 69.9 Å². The first-order chi connectivity index (χ1) is 18.2. The molecule has 0 saturated carbocycles. The van der Waals surface area contributed by atoms with Crippen LogP contribution >= 0.6 is 7.53 Å². The average Bonchev–Trinajstić information content (AvgIpc) is 2.95. The van der Waals surface area contributed by atoms with Crippen molar-refractivity contribution < 1.29 is 0 Å². The molecule has 0 amide bonds. The van der Waals surface area contributed by atoms with Gasteiger partial charge in [0.05, 0.1) is 22.1 Å². The standard InChI is InChI=1S/C32H17N2O2P/c35-31-22-10-3-1-8-18(22)20-12-5-16-26-28(20)33(31)24-14-7-15-25-30(24)37(26)27-17-6-13-21-19-9-2-4-11-23(19)32(36)34(25)29(21)27/h1-17H. The molecule has 9 rings (SSSR count). The lowest BCUT2D eigenvalue weighted by atomic mass is 10.1. The zero-order valence-corrected chi connectivity index (χ0v) is 20.4. The topological polar surface area (TPSA) is 43.0 Å². The Morgan fingerprint density at radius 1 is 0.432 bits per heavy atom. The van der Waals surface area contributed by atoms with Crippen molar-refractivity contribution in [2.45, 2.75) is 0 Å². The van der Waals surface area contributed by atoms with Gasteiger partial charge in [-0.25, -0.2) is 0 Å². The molecule has 0 radical (unpaired) electrons. The molecule has 172 valence electrons. The Labute approximate surface area is 210 Å². The highest BCUT2D eigenvalue weighted by atomic mass is 31.1. The molecular weight excluding hydrogens is 475 g/mol. The third-order valence-electron chi connectivity index (χ3n) is 7.96. The van der Waals surface area contributed by atoms with E-state index in [0.29, 0.717) is 10.8 Å². The van der Waals surface area contributed by atoms with Crippen molar-refractivity contribution in [3.8, 4) is 5.30 Å². The molecule has 0 aliphatic carbocycles.